The van der Waals surface area contributed by atoms with Crippen molar-refractivity contribution >= 4 is 11.0 Å². The summed E-state index contributed by atoms with van der Waals surface area (Å²) in [6.07, 6.45) is -4.70. The van der Waals surface area contributed by atoms with E-state index in [1.807, 2.05) is 27.7 Å². The Balaban J connectivity index is 2.86. The summed E-state index contributed by atoms with van der Waals surface area (Å²) in [7, 11) is -1.26. The highest BCUT2D eigenvalue weighted by Gasteiger charge is 2.31. The molecule has 0 aliphatic heterocycles. The molecule has 3 nitrogen and oxygen atoms in total. The molecule has 120 valence electrons. The maximum atomic E-state index is 12.2. The second-order valence-electron chi connectivity index (χ2n) is 5.79. The van der Waals surface area contributed by atoms with Crippen LogP contribution in [0.3, 0.4) is 0 Å². The van der Waals surface area contributed by atoms with Crippen molar-refractivity contribution in [3.05, 3.63) is 29.3 Å². The van der Waals surface area contributed by atoms with Crippen LogP contribution in [0.1, 0.15) is 44.9 Å². The van der Waals surface area contributed by atoms with E-state index in [-0.39, 0.29) is 11.8 Å². The van der Waals surface area contributed by atoms with Crippen molar-refractivity contribution in [2.75, 3.05) is 0 Å². The summed E-state index contributed by atoms with van der Waals surface area (Å²) in [6.45, 7) is 8.87. The summed E-state index contributed by atoms with van der Waals surface area (Å²) in [5, 5.41) is 0. The zero-order valence-corrected chi connectivity index (χ0v) is 13.5. The first-order chi connectivity index (χ1) is 9.40. The van der Waals surface area contributed by atoms with Crippen LogP contribution in [0, 0.1) is 6.92 Å². The predicted molar refractivity (Wildman–Crippen MR) is 77.3 cm³/mol. The van der Waals surface area contributed by atoms with Gasteiger partial charge in [-0.2, -0.15) is 0 Å². The molecule has 1 aromatic rings. The smallest absolute Gasteiger partial charge is 0.406 e. The normalized spacial score (nSPS) is 15.6. The van der Waals surface area contributed by atoms with Gasteiger partial charge in [0.05, 0.1) is 15.7 Å². The highest BCUT2D eigenvalue weighted by Crippen LogP contribution is 2.28. The van der Waals surface area contributed by atoms with Crippen molar-refractivity contribution in [3.63, 3.8) is 0 Å². The molecule has 0 saturated carbocycles. The minimum atomic E-state index is -4.70. The highest BCUT2D eigenvalue weighted by atomic mass is 32.2. The van der Waals surface area contributed by atoms with Crippen molar-refractivity contribution < 1.29 is 22.1 Å². The molecular weight excluding hydrogens is 303 g/mol. The Morgan fingerprint density at radius 2 is 1.81 bits per heavy atom. The number of hydrogen-bond donors (Lipinski definition) is 1. The Bertz CT molecular complexity index is 524. The number of hydrogen-bond acceptors (Lipinski definition) is 2. The molecule has 1 aromatic carbocycles. The van der Waals surface area contributed by atoms with Crippen molar-refractivity contribution in [1.82, 2.24) is 4.72 Å². The second-order valence-corrected chi connectivity index (χ2v) is 7.79. The van der Waals surface area contributed by atoms with Gasteiger partial charge >= 0.3 is 6.36 Å². The monoisotopic (exact) mass is 323 g/mol. The van der Waals surface area contributed by atoms with Gasteiger partial charge in [-0.05, 0) is 51.8 Å². The lowest BCUT2D eigenvalue weighted by atomic mass is 10.1. The Labute approximate surface area is 125 Å². The number of alkyl halides is 3. The molecule has 0 heterocycles. The summed E-state index contributed by atoms with van der Waals surface area (Å²) in [6, 6.07) is 4.16. The lowest BCUT2D eigenvalue weighted by molar-refractivity contribution is -0.274. The van der Waals surface area contributed by atoms with Crippen LogP contribution < -0.4 is 9.46 Å². The summed E-state index contributed by atoms with van der Waals surface area (Å²) < 4.78 is 55.1. The molecule has 0 saturated heterocycles. The molecule has 0 aliphatic carbocycles. The molecule has 21 heavy (non-hydrogen) atoms. The van der Waals surface area contributed by atoms with E-state index >= 15 is 0 Å². The number of rotatable bonds is 4. The highest BCUT2D eigenvalue weighted by molar-refractivity contribution is 7.84. The third kappa shape index (κ3) is 5.67. The molecule has 0 amide bonds. The van der Waals surface area contributed by atoms with Gasteiger partial charge in [-0.15, -0.1) is 13.2 Å². The third-order valence-electron chi connectivity index (χ3n) is 2.76. The first-order valence-corrected chi connectivity index (χ1v) is 7.59. The Hall–Kier alpha value is -1.08. The fraction of sp³-hybridized carbons (Fsp3) is 0.571. The zero-order chi connectivity index (χ0) is 16.4. The van der Waals surface area contributed by atoms with Gasteiger partial charge in [-0.25, -0.2) is 8.93 Å². The maximum Gasteiger partial charge on any atom is 0.573 e. The quantitative estimate of drug-likeness (QED) is 0.909. The van der Waals surface area contributed by atoms with Gasteiger partial charge in [0.25, 0.3) is 0 Å². The molecule has 0 aromatic heterocycles. The molecule has 1 N–H and O–H groups in total. The van der Waals surface area contributed by atoms with Gasteiger partial charge in [0.1, 0.15) is 5.75 Å². The van der Waals surface area contributed by atoms with Crippen LogP contribution in [0.25, 0.3) is 0 Å². The fourth-order valence-corrected chi connectivity index (χ4v) is 2.40. The van der Waals surface area contributed by atoms with Gasteiger partial charge < -0.3 is 4.74 Å². The first-order valence-electron chi connectivity index (χ1n) is 6.44. The Morgan fingerprint density at radius 1 is 1.24 bits per heavy atom. The lowest BCUT2D eigenvalue weighted by Crippen LogP contribution is -2.34. The number of benzene rings is 1. The predicted octanol–water partition coefficient (Wildman–Crippen LogP) is 4.01. The van der Waals surface area contributed by atoms with Crippen molar-refractivity contribution in [1.29, 1.82) is 0 Å². The van der Waals surface area contributed by atoms with Gasteiger partial charge in [-0.1, -0.05) is 12.1 Å². The van der Waals surface area contributed by atoms with E-state index in [9.17, 15) is 17.4 Å². The van der Waals surface area contributed by atoms with Crippen LogP contribution in [-0.4, -0.2) is 15.3 Å². The summed E-state index contributed by atoms with van der Waals surface area (Å²) >= 11 is 0. The number of halogens is 3. The first kappa shape index (κ1) is 18.0. The van der Waals surface area contributed by atoms with E-state index in [2.05, 4.69) is 9.46 Å². The molecule has 0 aliphatic rings. The topological polar surface area (TPSA) is 38.3 Å². The zero-order valence-electron chi connectivity index (χ0n) is 12.7. The minimum Gasteiger partial charge on any atom is -0.406 e. The average molecular weight is 323 g/mol. The molecule has 2 unspecified atom stereocenters. The van der Waals surface area contributed by atoms with Gasteiger partial charge in [0.2, 0.25) is 0 Å². The summed E-state index contributed by atoms with van der Waals surface area (Å²) in [5.41, 5.74) is 1.12. The number of aryl methyl sites for hydroxylation is 1. The Kier molecular flexibility index (Phi) is 5.44. The standard InChI is InChI=1S/C14H20F3NO2S/c1-9-8-11(6-7-12(9)20-14(15,16)17)10(2)18-21(19)13(3,4)5/h6-8,10,18H,1-5H3. The molecule has 1 rings (SSSR count). The number of ether oxygens (including phenoxy) is 1. The third-order valence-corrected chi connectivity index (χ3v) is 4.44. The van der Waals surface area contributed by atoms with Gasteiger partial charge in [-0.3, -0.25) is 0 Å². The van der Waals surface area contributed by atoms with Crippen LogP contribution in [0.5, 0.6) is 5.75 Å². The second kappa shape index (κ2) is 6.36. The van der Waals surface area contributed by atoms with E-state index in [0.717, 1.165) is 5.56 Å². The van der Waals surface area contributed by atoms with E-state index in [4.69, 9.17) is 0 Å². The maximum absolute atomic E-state index is 12.2. The number of nitrogens with one attached hydrogen (secondary N) is 1. The molecule has 2 atom stereocenters. The van der Waals surface area contributed by atoms with Crippen LogP contribution in [-0.2, 0) is 11.0 Å². The van der Waals surface area contributed by atoms with E-state index < -0.39 is 22.1 Å². The van der Waals surface area contributed by atoms with Crippen LogP contribution in [0.4, 0.5) is 13.2 Å². The van der Waals surface area contributed by atoms with Crippen LogP contribution in [0.15, 0.2) is 18.2 Å². The molecule has 0 spiro atoms. The molecule has 0 bridgehead atoms. The van der Waals surface area contributed by atoms with Gasteiger partial charge in [0, 0.05) is 6.04 Å². The molecule has 0 radical (unpaired) electrons. The largest absolute Gasteiger partial charge is 0.573 e. The molecule has 7 heteroatoms. The fourth-order valence-electron chi connectivity index (χ4n) is 1.59. The van der Waals surface area contributed by atoms with Crippen molar-refractivity contribution in [2.24, 2.45) is 0 Å². The summed E-state index contributed by atoms with van der Waals surface area (Å²) in [4.78, 5) is 0. The van der Waals surface area contributed by atoms with Gasteiger partial charge in [0.15, 0.2) is 0 Å². The van der Waals surface area contributed by atoms with E-state index in [1.165, 1.54) is 19.1 Å². The SMILES string of the molecule is Cc1cc(C(C)NS(=O)C(C)(C)C)ccc1OC(F)(F)F. The average Bonchev–Trinajstić information content (AvgIpc) is 2.28. The van der Waals surface area contributed by atoms with Crippen molar-refractivity contribution in [2.45, 2.75) is 51.8 Å². The molecular formula is C14H20F3NO2S. The minimum absolute atomic E-state index is 0.226. The van der Waals surface area contributed by atoms with E-state index in [1.54, 1.807) is 6.07 Å². The Morgan fingerprint density at radius 3 is 2.24 bits per heavy atom. The lowest BCUT2D eigenvalue weighted by Gasteiger charge is -2.22. The van der Waals surface area contributed by atoms with E-state index in [0.29, 0.717) is 5.56 Å². The van der Waals surface area contributed by atoms with Crippen LogP contribution >= 0.6 is 0 Å². The van der Waals surface area contributed by atoms with Crippen LogP contribution in [0.2, 0.25) is 0 Å². The van der Waals surface area contributed by atoms with Crippen molar-refractivity contribution in [3.8, 4) is 5.75 Å². The summed E-state index contributed by atoms with van der Waals surface area (Å²) in [5.74, 6) is -0.226. The molecule has 0 fully saturated rings.